The Morgan fingerprint density at radius 1 is 1.23 bits per heavy atom. The summed E-state index contributed by atoms with van der Waals surface area (Å²) in [6.45, 7) is 8.67. The van der Waals surface area contributed by atoms with Crippen molar-refractivity contribution in [3.63, 3.8) is 0 Å². The summed E-state index contributed by atoms with van der Waals surface area (Å²) in [5.74, 6) is 1.09. The molecule has 0 radical (unpaired) electrons. The van der Waals surface area contributed by atoms with Crippen LogP contribution in [0.3, 0.4) is 0 Å². The van der Waals surface area contributed by atoms with E-state index in [9.17, 15) is 0 Å². The number of nitrogens with zero attached hydrogens (tertiary/aromatic N) is 1. The van der Waals surface area contributed by atoms with Crippen molar-refractivity contribution in [3.05, 3.63) is 0 Å². The van der Waals surface area contributed by atoms with Crippen LogP contribution in [-0.2, 0) is 0 Å². The topological polar surface area (TPSA) is 3.24 Å². The largest absolute Gasteiger partial charge is 0.302 e. The van der Waals surface area contributed by atoms with Gasteiger partial charge in [0.25, 0.3) is 0 Å². The maximum absolute atomic E-state index is 4.45. The maximum atomic E-state index is 4.45. The quantitative estimate of drug-likeness (QED) is 0.683. The standard InChI is InChI=1S/C11H21NS/c1-10(2)5-6-12(7-10)8-11(9-13)3-4-11/h13H,3-9H2,1-2H3. The van der Waals surface area contributed by atoms with Crippen molar-refractivity contribution in [3.8, 4) is 0 Å². The van der Waals surface area contributed by atoms with Gasteiger partial charge in [-0.1, -0.05) is 13.8 Å². The van der Waals surface area contributed by atoms with Crippen molar-refractivity contribution in [1.29, 1.82) is 0 Å². The van der Waals surface area contributed by atoms with E-state index >= 15 is 0 Å². The van der Waals surface area contributed by atoms with Gasteiger partial charge in [-0.15, -0.1) is 0 Å². The molecule has 1 aliphatic heterocycles. The van der Waals surface area contributed by atoms with Gasteiger partial charge in [0.05, 0.1) is 0 Å². The molecule has 0 N–H and O–H groups in total. The molecule has 1 saturated carbocycles. The number of likely N-dealkylation sites (tertiary alicyclic amines) is 1. The second-order valence-corrected chi connectivity index (χ2v) is 6.10. The summed E-state index contributed by atoms with van der Waals surface area (Å²) in [5, 5.41) is 0. The van der Waals surface area contributed by atoms with E-state index in [-0.39, 0.29) is 0 Å². The van der Waals surface area contributed by atoms with E-state index in [1.54, 1.807) is 0 Å². The molecule has 0 aromatic heterocycles. The zero-order chi connectivity index (χ0) is 9.53. The van der Waals surface area contributed by atoms with Crippen molar-refractivity contribution in [2.24, 2.45) is 10.8 Å². The molecule has 1 saturated heterocycles. The van der Waals surface area contributed by atoms with Crippen molar-refractivity contribution in [2.45, 2.75) is 33.1 Å². The first kappa shape index (κ1) is 9.85. The van der Waals surface area contributed by atoms with E-state index in [0.717, 1.165) is 5.75 Å². The third kappa shape index (κ3) is 2.21. The molecule has 0 spiro atoms. The normalized spacial score (nSPS) is 30.7. The van der Waals surface area contributed by atoms with Crippen LogP contribution in [0.5, 0.6) is 0 Å². The number of hydrogen-bond acceptors (Lipinski definition) is 2. The Labute approximate surface area is 87.3 Å². The van der Waals surface area contributed by atoms with Crippen molar-refractivity contribution in [2.75, 3.05) is 25.4 Å². The lowest BCUT2D eigenvalue weighted by Gasteiger charge is -2.23. The molecule has 2 heteroatoms. The van der Waals surface area contributed by atoms with Crippen LogP contribution in [0.2, 0.25) is 0 Å². The van der Waals surface area contributed by atoms with Gasteiger partial charge < -0.3 is 4.90 Å². The third-order valence-electron chi connectivity index (χ3n) is 3.61. The summed E-state index contributed by atoms with van der Waals surface area (Å²) >= 11 is 4.45. The monoisotopic (exact) mass is 199 g/mol. The lowest BCUT2D eigenvalue weighted by atomic mass is 9.93. The number of hydrogen-bond donors (Lipinski definition) is 1. The molecule has 2 rings (SSSR count). The molecule has 0 amide bonds. The Bertz CT molecular complexity index is 196. The van der Waals surface area contributed by atoms with Gasteiger partial charge >= 0.3 is 0 Å². The Morgan fingerprint density at radius 2 is 1.92 bits per heavy atom. The van der Waals surface area contributed by atoms with Crippen LogP contribution in [0.4, 0.5) is 0 Å². The van der Waals surface area contributed by atoms with Gasteiger partial charge in [0.2, 0.25) is 0 Å². The van der Waals surface area contributed by atoms with Crippen molar-refractivity contribution < 1.29 is 0 Å². The van der Waals surface area contributed by atoms with Gasteiger partial charge in [0, 0.05) is 13.1 Å². The molecule has 2 fully saturated rings. The molecule has 0 aromatic carbocycles. The molecular formula is C11H21NS. The molecule has 1 nitrogen and oxygen atoms in total. The first-order valence-electron chi connectivity index (χ1n) is 5.39. The van der Waals surface area contributed by atoms with Crippen LogP contribution < -0.4 is 0 Å². The van der Waals surface area contributed by atoms with Gasteiger partial charge in [0.1, 0.15) is 0 Å². The van der Waals surface area contributed by atoms with Gasteiger partial charge in [0.15, 0.2) is 0 Å². The Kier molecular flexibility index (Phi) is 2.40. The van der Waals surface area contributed by atoms with Crippen LogP contribution in [0.25, 0.3) is 0 Å². The van der Waals surface area contributed by atoms with Crippen LogP contribution in [-0.4, -0.2) is 30.3 Å². The minimum absolute atomic E-state index is 0.562. The van der Waals surface area contributed by atoms with E-state index in [4.69, 9.17) is 0 Å². The lowest BCUT2D eigenvalue weighted by Crippen LogP contribution is -2.30. The van der Waals surface area contributed by atoms with Crippen molar-refractivity contribution >= 4 is 12.6 Å². The van der Waals surface area contributed by atoms with E-state index in [2.05, 4.69) is 31.4 Å². The smallest absolute Gasteiger partial charge is 0.00460 e. The summed E-state index contributed by atoms with van der Waals surface area (Å²) in [7, 11) is 0. The Morgan fingerprint density at radius 3 is 2.31 bits per heavy atom. The third-order valence-corrected chi connectivity index (χ3v) is 4.28. The zero-order valence-corrected chi connectivity index (χ0v) is 9.74. The highest BCUT2D eigenvalue weighted by Crippen LogP contribution is 2.48. The highest BCUT2D eigenvalue weighted by molar-refractivity contribution is 7.80. The maximum Gasteiger partial charge on any atom is 0.00460 e. The van der Waals surface area contributed by atoms with Crippen LogP contribution in [0.1, 0.15) is 33.1 Å². The van der Waals surface area contributed by atoms with Gasteiger partial charge in [-0.2, -0.15) is 12.6 Å². The summed E-state index contributed by atoms with van der Waals surface area (Å²) in [6, 6.07) is 0. The molecule has 1 aliphatic carbocycles. The molecule has 0 bridgehead atoms. The second-order valence-electron chi connectivity index (χ2n) is 5.78. The molecule has 0 atom stereocenters. The summed E-state index contributed by atoms with van der Waals surface area (Å²) in [4.78, 5) is 2.64. The fourth-order valence-electron chi connectivity index (χ4n) is 2.38. The first-order valence-corrected chi connectivity index (χ1v) is 6.02. The highest BCUT2D eigenvalue weighted by atomic mass is 32.1. The predicted octanol–water partition coefficient (Wildman–Crippen LogP) is 2.43. The van der Waals surface area contributed by atoms with Gasteiger partial charge in [-0.25, -0.2) is 0 Å². The average Bonchev–Trinajstić information content (AvgIpc) is 2.74. The average molecular weight is 199 g/mol. The highest BCUT2D eigenvalue weighted by Gasteiger charge is 2.44. The summed E-state index contributed by atoms with van der Waals surface area (Å²) in [5.41, 5.74) is 1.18. The molecular weight excluding hydrogens is 178 g/mol. The van der Waals surface area contributed by atoms with Crippen molar-refractivity contribution in [1.82, 2.24) is 4.90 Å². The van der Waals surface area contributed by atoms with E-state index in [1.807, 2.05) is 0 Å². The number of rotatable bonds is 3. The second kappa shape index (κ2) is 3.16. The fraction of sp³-hybridized carbons (Fsp3) is 1.00. The minimum Gasteiger partial charge on any atom is -0.302 e. The SMILES string of the molecule is CC1(C)CCN(CC2(CS)CC2)C1. The van der Waals surface area contributed by atoms with Crippen LogP contribution in [0, 0.1) is 10.8 Å². The molecule has 0 aromatic rings. The molecule has 0 unspecified atom stereocenters. The lowest BCUT2D eigenvalue weighted by molar-refractivity contribution is 0.249. The first-order chi connectivity index (χ1) is 6.05. The molecule has 13 heavy (non-hydrogen) atoms. The van der Waals surface area contributed by atoms with Gasteiger partial charge in [-0.05, 0) is 42.4 Å². The minimum atomic E-state index is 0.562. The van der Waals surface area contributed by atoms with E-state index in [1.165, 1.54) is 38.9 Å². The summed E-state index contributed by atoms with van der Waals surface area (Å²) < 4.78 is 0. The van der Waals surface area contributed by atoms with E-state index in [0.29, 0.717) is 10.8 Å². The molecule has 76 valence electrons. The summed E-state index contributed by atoms with van der Waals surface area (Å²) in [6.07, 6.45) is 4.19. The fourth-order valence-corrected chi connectivity index (χ4v) is 2.79. The Balaban J connectivity index is 1.84. The van der Waals surface area contributed by atoms with E-state index < -0.39 is 0 Å². The van der Waals surface area contributed by atoms with Gasteiger partial charge in [-0.3, -0.25) is 0 Å². The predicted molar refractivity (Wildman–Crippen MR) is 60.4 cm³/mol. The molecule has 1 heterocycles. The van der Waals surface area contributed by atoms with Crippen LogP contribution >= 0.6 is 12.6 Å². The zero-order valence-electron chi connectivity index (χ0n) is 8.84. The Hall–Kier alpha value is 0.310. The van der Waals surface area contributed by atoms with Crippen LogP contribution in [0.15, 0.2) is 0 Å². The molecule has 2 aliphatic rings. The number of thiol groups is 1.